The first-order chi connectivity index (χ1) is 12.6. The minimum atomic E-state index is 0.0299. The molecule has 3 rings (SSSR count). The molecule has 0 saturated heterocycles. The van der Waals surface area contributed by atoms with Crippen LogP contribution in [0.4, 0.5) is 0 Å². The number of carbonyl (C=O) groups excluding carboxylic acids is 1. The smallest absolute Gasteiger partial charge is 0.257 e. The molecule has 5 heteroatoms. The fourth-order valence-corrected chi connectivity index (χ4v) is 3.28. The van der Waals surface area contributed by atoms with Crippen molar-refractivity contribution in [3.05, 3.63) is 53.5 Å². The van der Waals surface area contributed by atoms with Crippen LogP contribution >= 0.6 is 0 Å². The highest BCUT2D eigenvalue weighted by atomic mass is 16.2. The van der Waals surface area contributed by atoms with Gasteiger partial charge >= 0.3 is 0 Å². The van der Waals surface area contributed by atoms with Crippen molar-refractivity contribution in [2.45, 2.75) is 40.5 Å². The summed E-state index contributed by atoms with van der Waals surface area (Å²) in [5, 5.41) is 4.66. The molecule has 26 heavy (non-hydrogen) atoms. The van der Waals surface area contributed by atoms with Crippen LogP contribution in [0.15, 0.2) is 36.5 Å². The largest absolute Gasteiger partial charge is 0.339 e. The standard InChI is InChI=1S/C21H26N4O/c1-5-7-13-24(6-2)21(26)18-14-22-20-19(17-11-9-8-10-12-17)15(3)23-25(20)16(18)4/h8-12,14H,5-7,13H2,1-4H3. The number of benzene rings is 1. The fourth-order valence-electron chi connectivity index (χ4n) is 3.28. The lowest BCUT2D eigenvalue weighted by atomic mass is 10.1. The van der Waals surface area contributed by atoms with Crippen LogP contribution in [0.5, 0.6) is 0 Å². The van der Waals surface area contributed by atoms with Gasteiger partial charge in [-0.15, -0.1) is 0 Å². The van der Waals surface area contributed by atoms with Gasteiger partial charge in [-0.3, -0.25) is 4.79 Å². The Kier molecular flexibility index (Phi) is 5.35. The summed E-state index contributed by atoms with van der Waals surface area (Å²) in [4.78, 5) is 19.4. The van der Waals surface area contributed by atoms with Crippen LogP contribution in [-0.2, 0) is 0 Å². The SMILES string of the molecule is CCCCN(CC)C(=O)c1cnc2c(-c3ccccc3)c(C)nn2c1C. The van der Waals surface area contributed by atoms with E-state index in [0.29, 0.717) is 12.1 Å². The molecule has 0 aliphatic heterocycles. The second kappa shape index (κ2) is 7.68. The highest BCUT2D eigenvalue weighted by Gasteiger charge is 2.21. The molecule has 2 aromatic heterocycles. The molecule has 2 heterocycles. The van der Waals surface area contributed by atoms with Crippen molar-refractivity contribution in [1.82, 2.24) is 19.5 Å². The monoisotopic (exact) mass is 350 g/mol. The zero-order valence-corrected chi connectivity index (χ0v) is 16.0. The number of hydrogen-bond donors (Lipinski definition) is 0. The van der Waals surface area contributed by atoms with Gasteiger partial charge in [0, 0.05) is 24.8 Å². The lowest BCUT2D eigenvalue weighted by Crippen LogP contribution is -2.32. The summed E-state index contributed by atoms with van der Waals surface area (Å²) < 4.78 is 1.80. The topological polar surface area (TPSA) is 50.5 Å². The normalized spacial score (nSPS) is 11.1. The number of rotatable bonds is 6. The third-order valence-electron chi connectivity index (χ3n) is 4.80. The van der Waals surface area contributed by atoms with E-state index in [4.69, 9.17) is 0 Å². The quantitative estimate of drug-likeness (QED) is 0.667. The minimum absolute atomic E-state index is 0.0299. The summed E-state index contributed by atoms with van der Waals surface area (Å²) in [7, 11) is 0. The van der Waals surface area contributed by atoms with E-state index in [2.05, 4.69) is 29.1 Å². The molecule has 0 radical (unpaired) electrons. The zero-order valence-electron chi connectivity index (χ0n) is 16.0. The van der Waals surface area contributed by atoms with Crippen molar-refractivity contribution in [2.24, 2.45) is 0 Å². The van der Waals surface area contributed by atoms with Crippen molar-refractivity contribution < 1.29 is 4.79 Å². The number of amides is 1. The van der Waals surface area contributed by atoms with Crippen molar-refractivity contribution in [3.8, 4) is 11.1 Å². The van der Waals surface area contributed by atoms with Gasteiger partial charge in [0.25, 0.3) is 5.91 Å². The van der Waals surface area contributed by atoms with Crippen LogP contribution in [0.25, 0.3) is 16.8 Å². The predicted molar refractivity (Wildman–Crippen MR) is 104 cm³/mol. The number of nitrogens with zero attached hydrogens (tertiary/aromatic N) is 4. The number of fused-ring (bicyclic) bond motifs is 1. The van der Waals surface area contributed by atoms with E-state index in [9.17, 15) is 4.79 Å². The van der Waals surface area contributed by atoms with Crippen LogP contribution < -0.4 is 0 Å². The van der Waals surface area contributed by atoms with Crippen LogP contribution in [0, 0.1) is 13.8 Å². The summed E-state index contributed by atoms with van der Waals surface area (Å²) in [6.45, 7) is 9.55. The van der Waals surface area contributed by atoms with Gasteiger partial charge in [0.15, 0.2) is 5.65 Å². The molecule has 0 N–H and O–H groups in total. The maximum atomic E-state index is 13.0. The molecule has 0 saturated carbocycles. The Morgan fingerprint density at radius 1 is 1.15 bits per heavy atom. The molecule has 136 valence electrons. The van der Waals surface area contributed by atoms with E-state index in [1.807, 2.05) is 43.9 Å². The van der Waals surface area contributed by atoms with Gasteiger partial charge in [-0.05, 0) is 32.8 Å². The van der Waals surface area contributed by atoms with Crippen molar-refractivity contribution >= 4 is 11.6 Å². The van der Waals surface area contributed by atoms with Crippen LogP contribution in [-0.4, -0.2) is 38.5 Å². The Morgan fingerprint density at radius 3 is 2.54 bits per heavy atom. The van der Waals surface area contributed by atoms with Gasteiger partial charge in [-0.2, -0.15) is 5.10 Å². The Balaban J connectivity index is 2.06. The Hall–Kier alpha value is -2.69. The highest BCUT2D eigenvalue weighted by Crippen LogP contribution is 2.28. The molecule has 0 aliphatic rings. The van der Waals surface area contributed by atoms with E-state index in [-0.39, 0.29) is 5.91 Å². The zero-order chi connectivity index (χ0) is 18.7. The Bertz CT molecular complexity index is 915. The molecular weight excluding hydrogens is 324 g/mol. The van der Waals surface area contributed by atoms with Gasteiger partial charge in [-0.1, -0.05) is 43.7 Å². The summed E-state index contributed by atoms with van der Waals surface area (Å²) >= 11 is 0. The second-order valence-electron chi connectivity index (χ2n) is 6.56. The third-order valence-corrected chi connectivity index (χ3v) is 4.80. The summed E-state index contributed by atoms with van der Waals surface area (Å²) in [6.07, 6.45) is 3.78. The summed E-state index contributed by atoms with van der Waals surface area (Å²) in [5.41, 5.74) is 5.27. The molecular formula is C21H26N4O. The van der Waals surface area contributed by atoms with Crippen LogP contribution in [0.1, 0.15) is 48.4 Å². The lowest BCUT2D eigenvalue weighted by Gasteiger charge is -2.21. The van der Waals surface area contributed by atoms with Gasteiger partial charge in [0.1, 0.15) is 0 Å². The first kappa shape index (κ1) is 18.1. The third kappa shape index (κ3) is 3.21. The molecule has 0 unspecified atom stereocenters. The molecule has 0 bridgehead atoms. The van der Waals surface area contributed by atoms with Gasteiger partial charge in [0.2, 0.25) is 0 Å². The highest BCUT2D eigenvalue weighted by molar-refractivity contribution is 5.95. The van der Waals surface area contributed by atoms with Crippen molar-refractivity contribution in [2.75, 3.05) is 13.1 Å². The predicted octanol–water partition coefficient (Wildman–Crippen LogP) is 4.28. The molecule has 1 aromatic carbocycles. The van der Waals surface area contributed by atoms with Crippen molar-refractivity contribution in [1.29, 1.82) is 0 Å². The van der Waals surface area contributed by atoms with E-state index >= 15 is 0 Å². The number of aryl methyl sites for hydroxylation is 2. The Labute approximate surface area is 154 Å². The van der Waals surface area contributed by atoms with Crippen LogP contribution in [0.2, 0.25) is 0 Å². The van der Waals surface area contributed by atoms with Gasteiger partial charge in [0.05, 0.1) is 17.0 Å². The maximum Gasteiger partial charge on any atom is 0.257 e. The average molecular weight is 350 g/mol. The average Bonchev–Trinajstić information content (AvgIpc) is 3.00. The van der Waals surface area contributed by atoms with Gasteiger partial charge in [-0.25, -0.2) is 9.50 Å². The molecule has 3 aromatic rings. The number of aromatic nitrogens is 3. The lowest BCUT2D eigenvalue weighted by molar-refractivity contribution is 0.0760. The summed E-state index contributed by atoms with van der Waals surface area (Å²) in [6, 6.07) is 10.1. The molecule has 0 aliphatic carbocycles. The number of unbranched alkanes of at least 4 members (excludes halogenated alkanes) is 1. The van der Waals surface area contributed by atoms with E-state index in [1.54, 1.807) is 10.7 Å². The maximum absolute atomic E-state index is 13.0. The molecule has 0 atom stereocenters. The first-order valence-electron chi connectivity index (χ1n) is 9.28. The molecule has 1 amide bonds. The second-order valence-corrected chi connectivity index (χ2v) is 6.56. The molecule has 0 fully saturated rings. The van der Waals surface area contributed by atoms with Crippen molar-refractivity contribution in [3.63, 3.8) is 0 Å². The van der Waals surface area contributed by atoms with E-state index in [0.717, 1.165) is 47.5 Å². The molecule has 5 nitrogen and oxygen atoms in total. The molecule has 0 spiro atoms. The van der Waals surface area contributed by atoms with Crippen LogP contribution in [0.3, 0.4) is 0 Å². The Morgan fingerprint density at radius 2 is 1.88 bits per heavy atom. The van der Waals surface area contributed by atoms with Gasteiger partial charge < -0.3 is 4.90 Å². The van der Waals surface area contributed by atoms with E-state index in [1.165, 1.54) is 0 Å². The van der Waals surface area contributed by atoms with E-state index < -0.39 is 0 Å². The minimum Gasteiger partial charge on any atom is -0.339 e. The summed E-state index contributed by atoms with van der Waals surface area (Å²) in [5.74, 6) is 0.0299. The fraction of sp³-hybridized carbons (Fsp3) is 0.381. The number of hydrogen-bond acceptors (Lipinski definition) is 3. The first-order valence-corrected chi connectivity index (χ1v) is 9.28. The number of carbonyl (C=O) groups is 1.